The van der Waals surface area contributed by atoms with Crippen LogP contribution in [0.15, 0.2) is 24.9 Å². The molecule has 0 amide bonds. The number of hydrogen-bond acceptors (Lipinski definition) is 2. The van der Waals surface area contributed by atoms with Crippen LogP contribution in [0.25, 0.3) is 0 Å². The molecule has 1 aromatic rings. The summed E-state index contributed by atoms with van der Waals surface area (Å²) < 4.78 is 0. The fraction of sp³-hybridized carbons (Fsp3) is 0.300. The van der Waals surface area contributed by atoms with Crippen LogP contribution in [0.2, 0.25) is 5.02 Å². The molecular formula is C10H13ClN2. The fourth-order valence-corrected chi connectivity index (χ4v) is 1.17. The number of halogens is 1. The number of aryl methyl sites for hydroxylation is 1. The first-order chi connectivity index (χ1) is 6.25. The molecule has 1 N–H and O–H groups in total. The molecule has 0 fully saturated rings. The van der Waals surface area contributed by atoms with E-state index in [4.69, 9.17) is 11.6 Å². The molecule has 1 aromatic heterocycles. The summed E-state index contributed by atoms with van der Waals surface area (Å²) in [5.41, 5.74) is 1.79. The van der Waals surface area contributed by atoms with Gasteiger partial charge in [-0.2, -0.15) is 0 Å². The Morgan fingerprint density at radius 2 is 2.46 bits per heavy atom. The van der Waals surface area contributed by atoms with Gasteiger partial charge in [0.25, 0.3) is 0 Å². The Labute approximate surface area is 83.6 Å². The van der Waals surface area contributed by atoms with Gasteiger partial charge in [0.2, 0.25) is 0 Å². The van der Waals surface area contributed by atoms with E-state index in [1.54, 1.807) is 6.20 Å². The van der Waals surface area contributed by atoms with Gasteiger partial charge in [0.05, 0.1) is 16.4 Å². The van der Waals surface area contributed by atoms with E-state index in [-0.39, 0.29) is 0 Å². The lowest BCUT2D eigenvalue weighted by atomic mass is 10.3. The van der Waals surface area contributed by atoms with E-state index in [2.05, 4.69) is 16.9 Å². The van der Waals surface area contributed by atoms with E-state index in [0.717, 1.165) is 24.3 Å². The Bertz CT molecular complexity index is 297. The average molecular weight is 197 g/mol. The van der Waals surface area contributed by atoms with Gasteiger partial charge in [-0.1, -0.05) is 17.7 Å². The van der Waals surface area contributed by atoms with Crippen LogP contribution in [0.5, 0.6) is 0 Å². The summed E-state index contributed by atoms with van der Waals surface area (Å²) in [7, 11) is 0. The Kier molecular flexibility index (Phi) is 3.77. The number of nitrogens with zero attached hydrogens (tertiary/aromatic N) is 1. The molecule has 70 valence electrons. The van der Waals surface area contributed by atoms with Gasteiger partial charge in [-0.3, -0.25) is 4.98 Å². The molecule has 13 heavy (non-hydrogen) atoms. The number of rotatable bonds is 4. The molecule has 0 aliphatic rings. The molecule has 3 heteroatoms. The molecule has 0 bridgehead atoms. The maximum atomic E-state index is 6.02. The highest BCUT2D eigenvalue weighted by Gasteiger charge is 2.01. The van der Waals surface area contributed by atoms with Crippen molar-refractivity contribution in [3.8, 4) is 0 Å². The van der Waals surface area contributed by atoms with Crippen LogP contribution in [0.4, 0.5) is 5.69 Å². The lowest BCUT2D eigenvalue weighted by Crippen LogP contribution is -2.01. The zero-order chi connectivity index (χ0) is 9.68. The summed E-state index contributed by atoms with van der Waals surface area (Å²) in [4.78, 5) is 4.08. The van der Waals surface area contributed by atoms with Crippen molar-refractivity contribution in [1.82, 2.24) is 4.98 Å². The molecule has 0 aliphatic carbocycles. The van der Waals surface area contributed by atoms with Crippen LogP contribution < -0.4 is 5.32 Å². The van der Waals surface area contributed by atoms with Gasteiger partial charge >= 0.3 is 0 Å². The van der Waals surface area contributed by atoms with Crippen LogP contribution in [0.1, 0.15) is 12.1 Å². The van der Waals surface area contributed by atoms with Gasteiger partial charge in [0.1, 0.15) is 0 Å². The van der Waals surface area contributed by atoms with Gasteiger partial charge in [-0.05, 0) is 19.4 Å². The molecule has 0 atom stereocenters. The Morgan fingerprint density at radius 3 is 3.15 bits per heavy atom. The van der Waals surface area contributed by atoms with E-state index in [1.807, 2.05) is 19.1 Å². The minimum absolute atomic E-state index is 0.701. The molecule has 0 radical (unpaired) electrons. The molecule has 1 heterocycles. The van der Waals surface area contributed by atoms with Crippen LogP contribution in [0, 0.1) is 6.92 Å². The van der Waals surface area contributed by atoms with Crippen molar-refractivity contribution in [3.05, 3.63) is 35.6 Å². The lowest BCUT2D eigenvalue weighted by molar-refractivity contribution is 1.06. The maximum Gasteiger partial charge on any atom is 0.0849 e. The first kappa shape index (κ1) is 10.1. The second-order valence-corrected chi connectivity index (χ2v) is 3.14. The highest BCUT2D eigenvalue weighted by atomic mass is 35.5. The maximum absolute atomic E-state index is 6.02. The first-order valence-electron chi connectivity index (χ1n) is 4.21. The predicted octanol–water partition coefficient (Wildman–Crippen LogP) is 3.03. The van der Waals surface area contributed by atoms with Crippen molar-refractivity contribution in [2.75, 3.05) is 11.9 Å². The quantitative estimate of drug-likeness (QED) is 0.592. The Balaban J connectivity index is 2.65. The number of pyridine rings is 1. The summed E-state index contributed by atoms with van der Waals surface area (Å²) in [6.45, 7) is 6.39. The van der Waals surface area contributed by atoms with Gasteiger partial charge in [-0.25, -0.2) is 0 Å². The molecule has 0 unspecified atom stereocenters. The third-order valence-electron chi connectivity index (χ3n) is 1.73. The van der Waals surface area contributed by atoms with Crippen molar-refractivity contribution in [2.45, 2.75) is 13.3 Å². The van der Waals surface area contributed by atoms with Crippen molar-refractivity contribution < 1.29 is 0 Å². The molecular weight excluding hydrogens is 184 g/mol. The summed E-state index contributed by atoms with van der Waals surface area (Å²) in [5, 5.41) is 3.91. The normalized spacial score (nSPS) is 9.69. The van der Waals surface area contributed by atoms with Crippen LogP contribution >= 0.6 is 11.6 Å². The van der Waals surface area contributed by atoms with Crippen molar-refractivity contribution in [1.29, 1.82) is 0 Å². The standard InChI is InChI=1S/C10H13ClN2/c1-3-4-6-13-9-5-7-12-8(2)10(9)11/h3,5,7H,1,4,6H2,2H3,(H,12,13). The zero-order valence-corrected chi connectivity index (χ0v) is 8.43. The highest BCUT2D eigenvalue weighted by Crippen LogP contribution is 2.22. The van der Waals surface area contributed by atoms with Gasteiger partial charge in [0.15, 0.2) is 0 Å². The average Bonchev–Trinajstić information content (AvgIpc) is 2.13. The van der Waals surface area contributed by atoms with Gasteiger partial charge in [-0.15, -0.1) is 6.58 Å². The number of aromatic nitrogens is 1. The largest absolute Gasteiger partial charge is 0.383 e. The SMILES string of the molecule is C=CCCNc1ccnc(C)c1Cl. The third kappa shape index (κ3) is 2.74. The molecule has 1 rings (SSSR count). The molecule has 0 saturated carbocycles. The Hall–Kier alpha value is -1.02. The van der Waals surface area contributed by atoms with Gasteiger partial charge < -0.3 is 5.32 Å². The zero-order valence-electron chi connectivity index (χ0n) is 7.68. The summed E-state index contributed by atoms with van der Waals surface area (Å²) in [5.74, 6) is 0. The number of hydrogen-bond donors (Lipinski definition) is 1. The van der Waals surface area contributed by atoms with E-state index < -0.39 is 0 Å². The summed E-state index contributed by atoms with van der Waals surface area (Å²) in [6, 6.07) is 1.87. The minimum Gasteiger partial charge on any atom is -0.383 e. The van der Waals surface area contributed by atoms with Crippen LogP contribution in [-0.4, -0.2) is 11.5 Å². The van der Waals surface area contributed by atoms with E-state index >= 15 is 0 Å². The predicted molar refractivity (Wildman–Crippen MR) is 57.3 cm³/mol. The smallest absolute Gasteiger partial charge is 0.0849 e. The topological polar surface area (TPSA) is 24.9 Å². The second-order valence-electron chi connectivity index (χ2n) is 2.76. The van der Waals surface area contributed by atoms with Crippen LogP contribution in [-0.2, 0) is 0 Å². The van der Waals surface area contributed by atoms with Crippen molar-refractivity contribution >= 4 is 17.3 Å². The van der Waals surface area contributed by atoms with Gasteiger partial charge in [0, 0.05) is 12.7 Å². The van der Waals surface area contributed by atoms with E-state index in [0.29, 0.717) is 5.02 Å². The molecule has 0 saturated heterocycles. The van der Waals surface area contributed by atoms with Crippen molar-refractivity contribution in [3.63, 3.8) is 0 Å². The van der Waals surface area contributed by atoms with E-state index in [1.165, 1.54) is 0 Å². The van der Waals surface area contributed by atoms with Crippen molar-refractivity contribution in [2.24, 2.45) is 0 Å². The van der Waals surface area contributed by atoms with Crippen LogP contribution in [0.3, 0.4) is 0 Å². The summed E-state index contributed by atoms with van der Waals surface area (Å²) >= 11 is 6.02. The molecule has 0 aromatic carbocycles. The second kappa shape index (κ2) is 4.87. The molecule has 2 nitrogen and oxygen atoms in total. The highest BCUT2D eigenvalue weighted by molar-refractivity contribution is 6.33. The molecule has 0 aliphatic heterocycles. The fourth-order valence-electron chi connectivity index (χ4n) is 0.994. The number of nitrogens with one attached hydrogen (secondary N) is 1. The van der Waals surface area contributed by atoms with E-state index in [9.17, 15) is 0 Å². The minimum atomic E-state index is 0.701. The molecule has 0 spiro atoms. The monoisotopic (exact) mass is 196 g/mol. The Morgan fingerprint density at radius 1 is 1.69 bits per heavy atom. The number of anilines is 1. The lowest BCUT2D eigenvalue weighted by Gasteiger charge is -2.07. The first-order valence-corrected chi connectivity index (χ1v) is 4.59. The third-order valence-corrected chi connectivity index (χ3v) is 2.20. The summed E-state index contributed by atoms with van der Waals surface area (Å²) in [6.07, 6.45) is 4.55.